The van der Waals surface area contributed by atoms with Crippen molar-refractivity contribution in [1.29, 1.82) is 0 Å². The van der Waals surface area contributed by atoms with Crippen LogP contribution >= 0.6 is 0 Å². The number of carboxylic acid groups (broad SMARTS) is 1. The highest BCUT2D eigenvalue weighted by atomic mass is 19.3. The Morgan fingerprint density at radius 2 is 1.72 bits per heavy atom. The molecule has 0 fully saturated rings. The Bertz CT molecular complexity index is 330. The molecule has 0 aliphatic heterocycles. The number of hydrogen-bond donors (Lipinski definition) is 2. The number of urea groups is 1. The van der Waals surface area contributed by atoms with Crippen LogP contribution in [0.2, 0.25) is 0 Å². The summed E-state index contributed by atoms with van der Waals surface area (Å²) in [4.78, 5) is 23.6. The fraction of sp³-hybridized carbons (Fsp3) is 0.818. The summed E-state index contributed by atoms with van der Waals surface area (Å²) in [5, 5.41) is 11.5. The maximum absolute atomic E-state index is 12.1. The lowest BCUT2D eigenvalue weighted by atomic mass is 9.74. The van der Waals surface area contributed by atoms with Crippen molar-refractivity contribution >= 4 is 12.0 Å². The van der Waals surface area contributed by atoms with Gasteiger partial charge in [-0.25, -0.2) is 13.6 Å². The smallest absolute Gasteiger partial charge is 0.317 e. The van der Waals surface area contributed by atoms with Crippen molar-refractivity contribution in [3.8, 4) is 0 Å². The number of alkyl halides is 2. The molecule has 106 valence electrons. The molecule has 0 aromatic heterocycles. The summed E-state index contributed by atoms with van der Waals surface area (Å²) >= 11 is 0. The third-order valence-corrected chi connectivity index (χ3v) is 3.28. The molecule has 5 nitrogen and oxygen atoms in total. The van der Waals surface area contributed by atoms with Crippen LogP contribution in [0.1, 0.15) is 27.7 Å². The van der Waals surface area contributed by atoms with Crippen LogP contribution in [0.15, 0.2) is 0 Å². The number of carbonyl (C=O) groups excluding carboxylic acids is 1. The molecule has 2 N–H and O–H groups in total. The second-order valence-electron chi connectivity index (χ2n) is 5.26. The van der Waals surface area contributed by atoms with Crippen molar-refractivity contribution in [2.45, 2.75) is 39.7 Å². The molecule has 18 heavy (non-hydrogen) atoms. The minimum Gasteiger partial charge on any atom is -0.481 e. The molecule has 0 aliphatic carbocycles. The van der Waals surface area contributed by atoms with Crippen LogP contribution in [0, 0.1) is 5.41 Å². The highest BCUT2D eigenvalue weighted by Gasteiger charge is 2.44. The first-order valence-corrected chi connectivity index (χ1v) is 5.46. The summed E-state index contributed by atoms with van der Waals surface area (Å²) in [6.07, 6.45) is -2.63. The van der Waals surface area contributed by atoms with Crippen molar-refractivity contribution in [3.05, 3.63) is 0 Å². The van der Waals surface area contributed by atoms with Crippen LogP contribution in [0.3, 0.4) is 0 Å². The molecule has 7 heteroatoms. The SMILES string of the molecule is CN(CC(F)F)C(=O)NC(C)(C)C(C)(C)C(=O)O. The Hall–Kier alpha value is -1.40. The number of carboxylic acids is 1. The van der Waals surface area contributed by atoms with E-state index < -0.39 is 35.9 Å². The first-order valence-electron chi connectivity index (χ1n) is 5.46. The summed E-state index contributed by atoms with van der Waals surface area (Å²) in [7, 11) is 1.23. The quantitative estimate of drug-likeness (QED) is 0.797. The Balaban J connectivity index is 4.78. The Kier molecular flexibility index (Phi) is 5.07. The van der Waals surface area contributed by atoms with E-state index in [0.717, 1.165) is 4.90 Å². The number of hydrogen-bond acceptors (Lipinski definition) is 2. The second-order valence-corrected chi connectivity index (χ2v) is 5.26. The number of halogens is 2. The van der Waals surface area contributed by atoms with Gasteiger partial charge in [-0.15, -0.1) is 0 Å². The molecule has 0 saturated carbocycles. The van der Waals surface area contributed by atoms with E-state index in [0.29, 0.717) is 0 Å². The van der Waals surface area contributed by atoms with Gasteiger partial charge in [0.05, 0.1) is 17.5 Å². The molecule has 0 radical (unpaired) electrons. The second kappa shape index (κ2) is 5.49. The molecular weight excluding hydrogens is 246 g/mol. The average Bonchev–Trinajstić information content (AvgIpc) is 2.14. The van der Waals surface area contributed by atoms with Gasteiger partial charge >= 0.3 is 12.0 Å². The highest BCUT2D eigenvalue weighted by Crippen LogP contribution is 2.30. The summed E-state index contributed by atoms with van der Waals surface area (Å²) in [6.45, 7) is 5.30. The van der Waals surface area contributed by atoms with Crippen LogP contribution in [0.4, 0.5) is 13.6 Å². The van der Waals surface area contributed by atoms with Gasteiger partial charge in [0.2, 0.25) is 0 Å². The lowest BCUT2D eigenvalue weighted by Crippen LogP contribution is -2.59. The third-order valence-electron chi connectivity index (χ3n) is 3.28. The van der Waals surface area contributed by atoms with Gasteiger partial charge in [-0.05, 0) is 27.7 Å². The molecule has 0 aromatic carbocycles. The maximum Gasteiger partial charge on any atom is 0.317 e. The molecule has 0 bridgehead atoms. The van der Waals surface area contributed by atoms with Gasteiger partial charge in [0.25, 0.3) is 6.43 Å². The number of rotatable bonds is 5. The number of nitrogens with zero attached hydrogens (tertiary/aromatic N) is 1. The summed E-state index contributed by atoms with van der Waals surface area (Å²) in [5.74, 6) is -1.08. The van der Waals surface area contributed by atoms with Crippen molar-refractivity contribution in [2.75, 3.05) is 13.6 Å². The predicted molar refractivity (Wildman–Crippen MR) is 62.7 cm³/mol. The molecule has 0 unspecified atom stereocenters. The van der Waals surface area contributed by atoms with Gasteiger partial charge in [0.15, 0.2) is 0 Å². The van der Waals surface area contributed by atoms with E-state index in [1.165, 1.54) is 34.7 Å². The fourth-order valence-corrected chi connectivity index (χ4v) is 1.08. The molecule has 2 amide bonds. The summed E-state index contributed by atoms with van der Waals surface area (Å²) < 4.78 is 24.2. The van der Waals surface area contributed by atoms with E-state index in [1.54, 1.807) is 0 Å². The zero-order valence-corrected chi connectivity index (χ0v) is 11.3. The molecule has 0 spiro atoms. The first-order chi connectivity index (χ1) is 7.91. The fourth-order valence-electron chi connectivity index (χ4n) is 1.08. The predicted octanol–water partition coefficient (Wildman–Crippen LogP) is 1.78. The van der Waals surface area contributed by atoms with E-state index in [9.17, 15) is 18.4 Å². The number of carbonyl (C=O) groups is 2. The lowest BCUT2D eigenvalue weighted by Gasteiger charge is -2.39. The zero-order valence-electron chi connectivity index (χ0n) is 11.3. The van der Waals surface area contributed by atoms with E-state index in [2.05, 4.69) is 5.32 Å². The summed E-state index contributed by atoms with van der Waals surface area (Å²) in [6, 6.07) is -0.727. The van der Waals surface area contributed by atoms with Crippen LogP contribution < -0.4 is 5.32 Å². The third kappa shape index (κ3) is 3.82. The van der Waals surface area contributed by atoms with Crippen molar-refractivity contribution < 1.29 is 23.5 Å². The van der Waals surface area contributed by atoms with E-state index >= 15 is 0 Å². The van der Waals surface area contributed by atoms with Gasteiger partial charge in [-0.3, -0.25) is 4.79 Å². The molecule has 0 heterocycles. The maximum atomic E-state index is 12.1. The lowest BCUT2D eigenvalue weighted by molar-refractivity contribution is -0.150. The number of amides is 2. The highest BCUT2D eigenvalue weighted by molar-refractivity contribution is 5.79. The van der Waals surface area contributed by atoms with E-state index in [4.69, 9.17) is 5.11 Å². The molecule has 0 aromatic rings. The van der Waals surface area contributed by atoms with Crippen LogP contribution in [0.5, 0.6) is 0 Å². The minimum atomic E-state index is -2.63. The molecule has 0 atom stereocenters. The minimum absolute atomic E-state index is 0.699. The van der Waals surface area contributed by atoms with Gasteiger partial charge in [0.1, 0.15) is 0 Å². The van der Waals surface area contributed by atoms with Crippen molar-refractivity contribution in [3.63, 3.8) is 0 Å². The summed E-state index contributed by atoms with van der Waals surface area (Å²) in [5.41, 5.74) is -2.30. The largest absolute Gasteiger partial charge is 0.481 e. The van der Waals surface area contributed by atoms with Gasteiger partial charge in [-0.1, -0.05) is 0 Å². The van der Waals surface area contributed by atoms with Gasteiger partial charge in [0, 0.05) is 7.05 Å². The monoisotopic (exact) mass is 266 g/mol. The molecule has 0 rings (SSSR count). The van der Waals surface area contributed by atoms with Gasteiger partial charge in [-0.2, -0.15) is 0 Å². The van der Waals surface area contributed by atoms with Crippen molar-refractivity contribution in [2.24, 2.45) is 5.41 Å². The van der Waals surface area contributed by atoms with E-state index in [-0.39, 0.29) is 0 Å². The zero-order chi connectivity index (χ0) is 14.7. The van der Waals surface area contributed by atoms with E-state index in [1.807, 2.05) is 0 Å². The Morgan fingerprint density at radius 1 is 1.28 bits per heavy atom. The van der Waals surface area contributed by atoms with Crippen molar-refractivity contribution in [1.82, 2.24) is 10.2 Å². The van der Waals surface area contributed by atoms with Crippen LogP contribution in [-0.2, 0) is 4.79 Å². The standard InChI is InChI=1S/C11H20F2N2O3/c1-10(2,8(16)17)11(3,4)14-9(18)15(5)6-7(12)13/h7H,6H2,1-5H3,(H,14,18)(H,16,17). The molecule has 0 aliphatic rings. The normalized spacial score (nSPS) is 12.4. The van der Waals surface area contributed by atoms with Gasteiger partial charge < -0.3 is 15.3 Å². The van der Waals surface area contributed by atoms with Crippen LogP contribution in [-0.4, -0.2) is 47.6 Å². The van der Waals surface area contributed by atoms with Crippen LogP contribution in [0.25, 0.3) is 0 Å². The average molecular weight is 266 g/mol. The molecular formula is C11H20F2N2O3. The first kappa shape index (κ1) is 16.6. The Morgan fingerprint density at radius 3 is 2.06 bits per heavy atom. The number of nitrogens with one attached hydrogen (secondary N) is 1. The number of aliphatic carboxylic acids is 1. The Labute approximate surface area is 105 Å². The topological polar surface area (TPSA) is 69.6 Å². The molecule has 0 saturated heterocycles.